The van der Waals surface area contributed by atoms with Crippen molar-refractivity contribution in [2.24, 2.45) is 0 Å². The van der Waals surface area contributed by atoms with E-state index in [1.807, 2.05) is 108 Å². The number of benzene rings is 4. The van der Waals surface area contributed by atoms with Gasteiger partial charge in [0.25, 0.3) is 11.8 Å². The molecule has 0 spiro atoms. The third-order valence-electron chi connectivity index (χ3n) is 8.34. The van der Waals surface area contributed by atoms with Crippen LogP contribution in [0.15, 0.2) is 124 Å². The topological polar surface area (TPSA) is 105 Å². The van der Waals surface area contributed by atoms with E-state index in [9.17, 15) is 9.59 Å². The van der Waals surface area contributed by atoms with Gasteiger partial charge in [0.15, 0.2) is 0 Å². The molecule has 2 heterocycles. The van der Waals surface area contributed by atoms with Gasteiger partial charge in [0.1, 0.15) is 29.8 Å². The molecule has 2 N–H and O–H groups in total. The lowest BCUT2D eigenvalue weighted by atomic mass is 10.0. The maximum atomic E-state index is 14.3. The van der Waals surface area contributed by atoms with E-state index in [0.717, 1.165) is 48.5 Å². The molecule has 52 heavy (non-hydrogen) atoms. The average molecular weight is 754 g/mol. The van der Waals surface area contributed by atoms with Crippen molar-refractivity contribution in [3.63, 3.8) is 0 Å². The molecule has 0 saturated carbocycles. The van der Waals surface area contributed by atoms with Gasteiger partial charge in [-0.1, -0.05) is 24.3 Å². The number of aryl methyl sites for hydroxylation is 1. The van der Waals surface area contributed by atoms with Crippen LogP contribution in [0.2, 0.25) is 0 Å². The van der Waals surface area contributed by atoms with Crippen LogP contribution >= 0.6 is 35.8 Å². The van der Waals surface area contributed by atoms with E-state index < -0.39 is 6.04 Å². The van der Waals surface area contributed by atoms with Crippen LogP contribution in [0, 0.1) is 6.92 Å². The number of aromatic nitrogens is 1. The minimum absolute atomic E-state index is 0.0786. The van der Waals surface area contributed by atoms with E-state index in [1.165, 1.54) is 35.8 Å². The highest BCUT2D eigenvalue weighted by Crippen LogP contribution is 2.43. The van der Waals surface area contributed by atoms with E-state index in [-0.39, 0.29) is 18.4 Å². The highest BCUT2D eigenvalue weighted by molar-refractivity contribution is 8.00. The van der Waals surface area contributed by atoms with Crippen LogP contribution in [0.4, 0.5) is 11.4 Å². The first-order chi connectivity index (χ1) is 25.4. The van der Waals surface area contributed by atoms with Gasteiger partial charge >= 0.3 is 0 Å². The summed E-state index contributed by atoms with van der Waals surface area (Å²) < 4.78 is 24.6. The highest BCUT2D eigenvalue weighted by atomic mass is 32.2. The van der Waals surface area contributed by atoms with Gasteiger partial charge in [-0.05, 0) is 133 Å². The summed E-state index contributed by atoms with van der Waals surface area (Å²) in [4.78, 5) is 36.6. The maximum Gasteiger partial charge on any atom is 0.257 e. The number of ether oxygens (including phenoxy) is 3. The molecule has 0 fully saturated rings. The summed E-state index contributed by atoms with van der Waals surface area (Å²) in [5.41, 5.74) is 4.72. The summed E-state index contributed by atoms with van der Waals surface area (Å²) in [5.74, 6) is 1.75. The lowest BCUT2D eigenvalue weighted by Gasteiger charge is -2.31. The molecule has 1 aromatic heterocycles. The molecule has 2 amide bonds. The van der Waals surface area contributed by atoms with Gasteiger partial charge in [0, 0.05) is 40.0 Å². The van der Waals surface area contributed by atoms with Crippen LogP contribution in [-0.4, -0.2) is 51.2 Å². The van der Waals surface area contributed by atoms with Crippen molar-refractivity contribution in [2.75, 3.05) is 43.6 Å². The van der Waals surface area contributed by atoms with E-state index in [4.69, 9.17) is 14.2 Å². The maximum absolute atomic E-state index is 14.3. The van der Waals surface area contributed by atoms with Gasteiger partial charge in [0.2, 0.25) is 0 Å². The smallest absolute Gasteiger partial charge is 0.257 e. The fraction of sp³-hybridized carbons (Fsp3) is 0.205. The van der Waals surface area contributed by atoms with Crippen molar-refractivity contribution in [3.8, 4) is 17.2 Å². The Morgan fingerprint density at radius 1 is 0.846 bits per heavy atom. The minimum atomic E-state index is -0.669. The lowest BCUT2D eigenvalue weighted by molar-refractivity contribution is -0.120. The van der Waals surface area contributed by atoms with Gasteiger partial charge in [-0.25, -0.2) is 0 Å². The molecule has 0 bridgehead atoms. The fourth-order valence-corrected chi connectivity index (χ4v) is 8.08. The van der Waals surface area contributed by atoms with Crippen LogP contribution in [0.5, 0.6) is 17.2 Å². The SMILES string of the molecule is COc1ccc(SN(CC(=O)NSc2cccnc2)c2cccc3c2CCN3C(C(=O)NSc2ccc(C)cc2OC)c2cccc(OC)c2)cc1. The van der Waals surface area contributed by atoms with Gasteiger partial charge in [0.05, 0.1) is 31.9 Å². The van der Waals surface area contributed by atoms with Crippen molar-refractivity contribution in [1.29, 1.82) is 0 Å². The molecule has 10 nitrogen and oxygen atoms in total. The molecule has 1 unspecified atom stereocenters. The first-order valence-electron chi connectivity index (χ1n) is 16.5. The second kappa shape index (κ2) is 17.5. The second-order valence-corrected chi connectivity index (χ2v) is 14.6. The zero-order chi connectivity index (χ0) is 36.5. The molecule has 4 aromatic carbocycles. The highest BCUT2D eigenvalue weighted by Gasteiger charge is 2.35. The molecule has 0 aliphatic carbocycles. The van der Waals surface area contributed by atoms with Crippen molar-refractivity contribution in [2.45, 2.75) is 34.1 Å². The Kier molecular flexibility index (Phi) is 12.4. The van der Waals surface area contributed by atoms with E-state index in [1.54, 1.807) is 33.7 Å². The molecule has 268 valence electrons. The third-order valence-corrected chi connectivity index (χ3v) is 11.0. The molecule has 5 aromatic rings. The summed E-state index contributed by atoms with van der Waals surface area (Å²) in [5, 5.41) is 0. The lowest BCUT2D eigenvalue weighted by Crippen LogP contribution is -2.37. The number of hydrogen-bond acceptors (Lipinski definition) is 11. The predicted octanol–water partition coefficient (Wildman–Crippen LogP) is 7.68. The number of anilines is 2. The fourth-order valence-electron chi connectivity index (χ4n) is 5.86. The Labute approximate surface area is 317 Å². The minimum Gasteiger partial charge on any atom is -0.497 e. The standard InChI is InChI=1S/C39H39N5O5S3/c1-26-13-18-36(35(22-26)49-4)51-42-39(46)38(27-8-5-9-29(23-27)48-3)43-21-19-32-33(43)11-6-12-34(32)44(52-30-16-14-28(47-2)15-17-30)25-37(45)41-50-31-10-7-20-40-24-31/h5-18,20,22-24,38H,19,21,25H2,1-4H3,(H,41,45)(H,42,46). The normalized spacial score (nSPS) is 12.4. The first-order valence-corrected chi connectivity index (χ1v) is 18.9. The number of carbonyl (C=O) groups is 2. The van der Waals surface area contributed by atoms with Crippen molar-refractivity contribution < 1.29 is 23.8 Å². The summed E-state index contributed by atoms with van der Waals surface area (Å²) in [6, 6.07) is 30.3. The summed E-state index contributed by atoms with van der Waals surface area (Å²) in [6.45, 7) is 2.66. The Hall–Kier alpha value is -4.98. The molecule has 1 aliphatic rings. The second-order valence-electron chi connectivity index (χ2n) is 11.7. The number of nitrogens with one attached hydrogen (secondary N) is 2. The number of fused-ring (bicyclic) bond motifs is 1. The molecule has 0 radical (unpaired) electrons. The van der Waals surface area contributed by atoms with Gasteiger partial charge in [-0.2, -0.15) is 0 Å². The number of carbonyl (C=O) groups excluding carboxylic acids is 2. The van der Waals surface area contributed by atoms with Crippen molar-refractivity contribution >= 4 is 59.0 Å². The molecule has 6 rings (SSSR count). The average Bonchev–Trinajstić information content (AvgIpc) is 3.61. The molecule has 0 saturated heterocycles. The summed E-state index contributed by atoms with van der Waals surface area (Å²) >= 11 is 3.93. The Morgan fingerprint density at radius 2 is 1.65 bits per heavy atom. The van der Waals surface area contributed by atoms with Crippen LogP contribution in [-0.2, 0) is 16.0 Å². The Bertz CT molecular complexity index is 2000. The van der Waals surface area contributed by atoms with Crippen molar-refractivity contribution in [3.05, 3.63) is 126 Å². The zero-order valence-corrected chi connectivity index (χ0v) is 31.6. The van der Waals surface area contributed by atoms with Gasteiger partial charge in [-0.15, -0.1) is 0 Å². The quantitative estimate of drug-likeness (QED) is 0.103. The van der Waals surface area contributed by atoms with E-state index in [2.05, 4.69) is 19.3 Å². The molecule has 13 heteroatoms. The van der Waals surface area contributed by atoms with Crippen molar-refractivity contribution in [1.82, 2.24) is 14.4 Å². The van der Waals surface area contributed by atoms with Crippen LogP contribution in [0.1, 0.15) is 22.7 Å². The summed E-state index contributed by atoms with van der Waals surface area (Å²) in [6.07, 6.45) is 4.07. The molecular formula is C39H39N5O5S3. The zero-order valence-electron chi connectivity index (χ0n) is 29.2. The number of nitrogens with zero attached hydrogens (tertiary/aromatic N) is 3. The number of methoxy groups -OCH3 is 3. The van der Waals surface area contributed by atoms with E-state index >= 15 is 0 Å². The van der Waals surface area contributed by atoms with Gasteiger partial charge in [-0.3, -0.25) is 24.0 Å². The number of hydrogen-bond donors (Lipinski definition) is 2. The third kappa shape index (κ3) is 8.90. The number of amides is 2. The summed E-state index contributed by atoms with van der Waals surface area (Å²) in [7, 11) is 4.87. The first kappa shape index (κ1) is 36.8. The molecule has 1 atom stereocenters. The molecule has 1 aliphatic heterocycles. The molecular weight excluding hydrogens is 715 g/mol. The van der Waals surface area contributed by atoms with Crippen LogP contribution in [0.3, 0.4) is 0 Å². The monoisotopic (exact) mass is 753 g/mol. The number of rotatable bonds is 15. The predicted molar refractivity (Wildman–Crippen MR) is 209 cm³/mol. The van der Waals surface area contributed by atoms with Gasteiger partial charge < -0.3 is 23.4 Å². The number of pyridine rings is 1. The van der Waals surface area contributed by atoms with Crippen LogP contribution in [0.25, 0.3) is 0 Å². The largest absolute Gasteiger partial charge is 0.497 e. The van der Waals surface area contributed by atoms with E-state index in [0.29, 0.717) is 24.5 Å². The Morgan fingerprint density at radius 3 is 2.40 bits per heavy atom. The van der Waals surface area contributed by atoms with Crippen LogP contribution < -0.4 is 32.9 Å². The Balaban J connectivity index is 1.31.